The SMILES string of the molecule is COC(=O)CCSc1cc(Cl)c2c(c1)c(-c1cnn(C)c1)nn2C. The fourth-order valence-corrected chi connectivity index (χ4v) is 3.84. The van der Waals surface area contributed by atoms with E-state index < -0.39 is 0 Å². The average Bonchev–Trinajstić information content (AvgIpc) is 3.11. The molecule has 0 amide bonds. The predicted octanol–water partition coefficient (Wildman–Crippen LogP) is 3.28. The molecule has 0 fully saturated rings. The molecule has 0 spiro atoms. The molecule has 0 unspecified atom stereocenters. The minimum atomic E-state index is -0.216. The minimum Gasteiger partial charge on any atom is -0.469 e. The summed E-state index contributed by atoms with van der Waals surface area (Å²) in [7, 11) is 5.14. The van der Waals surface area contributed by atoms with Crippen LogP contribution in [0.1, 0.15) is 6.42 Å². The van der Waals surface area contributed by atoms with Crippen molar-refractivity contribution >= 4 is 40.2 Å². The molecule has 3 rings (SSSR count). The van der Waals surface area contributed by atoms with Crippen LogP contribution in [0.4, 0.5) is 0 Å². The first-order valence-corrected chi connectivity index (χ1v) is 8.71. The highest BCUT2D eigenvalue weighted by Crippen LogP contribution is 2.35. The van der Waals surface area contributed by atoms with Crippen LogP contribution in [0.2, 0.25) is 5.02 Å². The first kappa shape index (κ1) is 16.9. The maximum atomic E-state index is 11.2. The van der Waals surface area contributed by atoms with Gasteiger partial charge in [-0.25, -0.2) is 0 Å². The topological polar surface area (TPSA) is 61.9 Å². The lowest BCUT2D eigenvalue weighted by atomic mass is 10.1. The summed E-state index contributed by atoms with van der Waals surface area (Å²) >= 11 is 8.02. The molecule has 3 aromatic rings. The Labute approximate surface area is 148 Å². The van der Waals surface area contributed by atoms with Crippen molar-refractivity contribution in [2.75, 3.05) is 12.9 Å². The van der Waals surface area contributed by atoms with Gasteiger partial charge in [0.15, 0.2) is 0 Å². The van der Waals surface area contributed by atoms with Gasteiger partial charge in [0, 0.05) is 41.9 Å². The number of benzene rings is 1. The van der Waals surface area contributed by atoms with Gasteiger partial charge in [-0.05, 0) is 12.1 Å². The number of esters is 1. The predicted molar refractivity (Wildman–Crippen MR) is 95.3 cm³/mol. The molecule has 2 aromatic heterocycles. The molecule has 0 radical (unpaired) electrons. The number of halogens is 1. The first-order chi connectivity index (χ1) is 11.5. The van der Waals surface area contributed by atoms with E-state index in [1.165, 1.54) is 7.11 Å². The molecule has 0 aliphatic rings. The number of aromatic nitrogens is 4. The maximum Gasteiger partial charge on any atom is 0.306 e. The second kappa shape index (κ2) is 6.86. The Hall–Kier alpha value is -1.99. The van der Waals surface area contributed by atoms with Crippen molar-refractivity contribution < 1.29 is 9.53 Å². The summed E-state index contributed by atoms with van der Waals surface area (Å²) in [6.07, 6.45) is 4.07. The standard InChI is InChI=1S/C16H17ClN4O2S/c1-20-9-10(8-18-20)15-12-6-11(24-5-4-14(22)23-3)7-13(17)16(12)21(2)19-15/h6-9H,4-5H2,1-3H3. The Morgan fingerprint density at radius 2 is 2.17 bits per heavy atom. The number of hydrogen-bond donors (Lipinski definition) is 0. The van der Waals surface area contributed by atoms with Crippen LogP contribution < -0.4 is 0 Å². The van der Waals surface area contributed by atoms with Crippen LogP contribution in [0.3, 0.4) is 0 Å². The van der Waals surface area contributed by atoms with Crippen molar-refractivity contribution in [2.24, 2.45) is 14.1 Å². The number of rotatable bonds is 5. The number of methoxy groups -OCH3 is 1. The van der Waals surface area contributed by atoms with Crippen molar-refractivity contribution in [2.45, 2.75) is 11.3 Å². The minimum absolute atomic E-state index is 0.216. The van der Waals surface area contributed by atoms with Crippen molar-refractivity contribution in [3.63, 3.8) is 0 Å². The van der Waals surface area contributed by atoms with Crippen LogP contribution in [0.15, 0.2) is 29.4 Å². The van der Waals surface area contributed by atoms with E-state index >= 15 is 0 Å². The molecule has 1 aromatic carbocycles. The molecule has 126 valence electrons. The van der Waals surface area contributed by atoms with Gasteiger partial charge in [-0.2, -0.15) is 10.2 Å². The molecular formula is C16H17ClN4O2S. The van der Waals surface area contributed by atoms with Crippen molar-refractivity contribution in [1.82, 2.24) is 19.6 Å². The number of thioether (sulfide) groups is 1. The number of carbonyl (C=O) groups is 1. The summed E-state index contributed by atoms with van der Waals surface area (Å²) in [5, 5.41) is 10.4. The van der Waals surface area contributed by atoms with Crippen molar-refractivity contribution in [1.29, 1.82) is 0 Å². The third kappa shape index (κ3) is 3.27. The number of aryl methyl sites for hydroxylation is 2. The third-order valence-corrected chi connectivity index (χ3v) is 4.91. The summed E-state index contributed by atoms with van der Waals surface area (Å²) in [5.41, 5.74) is 2.67. The van der Waals surface area contributed by atoms with Crippen molar-refractivity contribution in [3.05, 3.63) is 29.5 Å². The van der Waals surface area contributed by atoms with Crippen LogP contribution in [-0.4, -0.2) is 38.4 Å². The molecule has 0 N–H and O–H groups in total. The van der Waals surface area contributed by atoms with Crippen LogP contribution in [0.5, 0.6) is 0 Å². The lowest BCUT2D eigenvalue weighted by Crippen LogP contribution is -2.00. The Kier molecular flexibility index (Phi) is 4.82. The first-order valence-electron chi connectivity index (χ1n) is 7.34. The van der Waals surface area contributed by atoms with E-state index in [0.29, 0.717) is 17.2 Å². The summed E-state index contributed by atoms with van der Waals surface area (Å²) in [5.74, 6) is 0.420. The molecule has 0 saturated carbocycles. The molecule has 0 aliphatic heterocycles. The highest BCUT2D eigenvalue weighted by Gasteiger charge is 2.16. The largest absolute Gasteiger partial charge is 0.469 e. The molecule has 0 saturated heterocycles. The van der Waals surface area contributed by atoms with Crippen LogP contribution in [-0.2, 0) is 23.6 Å². The highest BCUT2D eigenvalue weighted by molar-refractivity contribution is 7.99. The lowest BCUT2D eigenvalue weighted by Gasteiger charge is -2.04. The van der Waals surface area contributed by atoms with Crippen LogP contribution in [0, 0.1) is 0 Å². The highest BCUT2D eigenvalue weighted by atomic mass is 35.5. The number of ether oxygens (including phenoxy) is 1. The molecule has 24 heavy (non-hydrogen) atoms. The Morgan fingerprint density at radius 3 is 2.83 bits per heavy atom. The fraction of sp³-hybridized carbons (Fsp3) is 0.312. The number of fused-ring (bicyclic) bond motifs is 1. The molecular weight excluding hydrogens is 348 g/mol. The van der Waals surface area contributed by atoms with Gasteiger partial charge in [0.25, 0.3) is 0 Å². The molecule has 6 nitrogen and oxygen atoms in total. The summed E-state index contributed by atoms with van der Waals surface area (Å²) < 4.78 is 8.19. The summed E-state index contributed by atoms with van der Waals surface area (Å²) in [4.78, 5) is 12.2. The van der Waals surface area contributed by atoms with Gasteiger partial charge in [-0.1, -0.05) is 11.6 Å². The number of nitrogens with zero attached hydrogens (tertiary/aromatic N) is 4. The fourth-order valence-electron chi connectivity index (χ4n) is 2.53. The van der Waals surface area contributed by atoms with Crippen molar-refractivity contribution in [3.8, 4) is 11.3 Å². The molecule has 2 heterocycles. The van der Waals surface area contributed by atoms with Gasteiger partial charge in [0.05, 0.1) is 30.3 Å². The molecule has 0 atom stereocenters. The number of hydrogen-bond acceptors (Lipinski definition) is 5. The zero-order valence-electron chi connectivity index (χ0n) is 13.6. The van der Waals surface area contributed by atoms with Gasteiger partial charge in [0.2, 0.25) is 0 Å². The average molecular weight is 365 g/mol. The maximum absolute atomic E-state index is 11.2. The summed E-state index contributed by atoms with van der Waals surface area (Å²) in [6, 6.07) is 3.96. The smallest absolute Gasteiger partial charge is 0.306 e. The normalized spacial score (nSPS) is 11.2. The zero-order valence-corrected chi connectivity index (χ0v) is 15.2. The quantitative estimate of drug-likeness (QED) is 0.513. The van der Waals surface area contributed by atoms with Gasteiger partial charge in [-0.15, -0.1) is 11.8 Å². The van der Waals surface area contributed by atoms with E-state index in [0.717, 1.165) is 27.1 Å². The monoisotopic (exact) mass is 364 g/mol. The van der Waals surface area contributed by atoms with E-state index in [1.54, 1.807) is 27.3 Å². The van der Waals surface area contributed by atoms with E-state index in [1.807, 2.05) is 26.4 Å². The molecule has 8 heteroatoms. The third-order valence-electron chi connectivity index (χ3n) is 3.65. The Bertz CT molecular complexity index is 903. The van der Waals surface area contributed by atoms with E-state index in [9.17, 15) is 4.79 Å². The Balaban J connectivity index is 1.97. The summed E-state index contributed by atoms with van der Waals surface area (Å²) in [6.45, 7) is 0. The van der Waals surface area contributed by atoms with E-state index in [4.69, 9.17) is 11.6 Å². The van der Waals surface area contributed by atoms with Gasteiger partial charge in [-0.3, -0.25) is 14.2 Å². The lowest BCUT2D eigenvalue weighted by molar-refractivity contribution is -0.140. The van der Waals surface area contributed by atoms with Gasteiger partial charge < -0.3 is 4.74 Å². The molecule has 0 bridgehead atoms. The second-order valence-corrected chi connectivity index (χ2v) is 6.93. The Morgan fingerprint density at radius 1 is 1.38 bits per heavy atom. The zero-order chi connectivity index (χ0) is 17.3. The molecule has 0 aliphatic carbocycles. The van der Waals surface area contributed by atoms with E-state index in [2.05, 4.69) is 21.0 Å². The number of carbonyl (C=O) groups excluding carboxylic acids is 1. The van der Waals surface area contributed by atoms with Gasteiger partial charge >= 0.3 is 5.97 Å². The van der Waals surface area contributed by atoms with Crippen LogP contribution >= 0.6 is 23.4 Å². The van der Waals surface area contributed by atoms with Gasteiger partial charge in [0.1, 0.15) is 5.69 Å². The van der Waals surface area contributed by atoms with E-state index in [-0.39, 0.29) is 5.97 Å². The second-order valence-electron chi connectivity index (χ2n) is 5.35. The van der Waals surface area contributed by atoms with Crippen LogP contribution in [0.25, 0.3) is 22.2 Å².